The summed E-state index contributed by atoms with van der Waals surface area (Å²) in [6.07, 6.45) is 0.628. The fourth-order valence-corrected chi connectivity index (χ4v) is 2.86. The molecule has 1 heterocycles. The second-order valence-corrected chi connectivity index (χ2v) is 5.88. The van der Waals surface area contributed by atoms with E-state index in [4.69, 9.17) is 4.74 Å². The SMILES string of the molecule is CN=C(NCCc1ccc(OC)c(OC(F)F)c1)NCc1ccsc1.I. The number of benzene rings is 1. The Morgan fingerprint density at radius 2 is 2.00 bits per heavy atom. The van der Waals surface area contributed by atoms with E-state index in [0.29, 0.717) is 25.5 Å². The van der Waals surface area contributed by atoms with E-state index in [1.807, 2.05) is 17.5 Å². The summed E-state index contributed by atoms with van der Waals surface area (Å²) in [5.74, 6) is 1.00. The molecule has 26 heavy (non-hydrogen) atoms. The fraction of sp³-hybridized carbons (Fsp3) is 0.353. The van der Waals surface area contributed by atoms with Gasteiger partial charge in [0.2, 0.25) is 0 Å². The van der Waals surface area contributed by atoms with Crippen molar-refractivity contribution in [2.75, 3.05) is 20.7 Å². The largest absolute Gasteiger partial charge is 0.493 e. The van der Waals surface area contributed by atoms with Crippen molar-refractivity contribution in [3.63, 3.8) is 0 Å². The second kappa shape index (κ2) is 11.9. The Morgan fingerprint density at radius 3 is 2.62 bits per heavy atom. The van der Waals surface area contributed by atoms with E-state index in [2.05, 4.69) is 25.7 Å². The Balaban J connectivity index is 0.00000338. The minimum Gasteiger partial charge on any atom is -0.493 e. The molecule has 5 nitrogen and oxygen atoms in total. The third kappa shape index (κ3) is 7.32. The molecule has 0 aliphatic carbocycles. The van der Waals surface area contributed by atoms with E-state index >= 15 is 0 Å². The number of guanidine groups is 1. The van der Waals surface area contributed by atoms with Crippen LogP contribution in [0.3, 0.4) is 0 Å². The van der Waals surface area contributed by atoms with Gasteiger partial charge in [-0.05, 0) is 46.5 Å². The van der Waals surface area contributed by atoms with Crippen LogP contribution in [0.25, 0.3) is 0 Å². The first-order valence-electron chi connectivity index (χ1n) is 7.69. The summed E-state index contributed by atoms with van der Waals surface area (Å²) in [6, 6.07) is 7.05. The molecule has 0 atom stereocenters. The molecule has 0 aliphatic heterocycles. The third-order valence-electron chi connectivity index (χ3n) is 3.41. The van der Waals surface area contributed by atoms with E-state index in [0.717, 1.165) is 5.56 Å². The van der Waals surface area contributed by atoms with Gasteiger partial charge in [-0.2, -0.15) is 20.1 Å². The van der Waals surface area contributed by atoms with Crippen molar-refractivity contribution in [1.29, 1.82) is 0 Å². The van der Waals surface area contributed by atoms with E-state index in [9.17, 15) is 8.78 Å². The molecule has 144 valence electrons. The minimum atomic E-state index is -2.89. The first kappa shape index (κ1) is 22.4. The van der Waals surface area contributed by atoms with Crippen molar-refractivity contribution in [2.45, 2.75) is 19.6 Å². The summed E-state index contributed by atoms with van der Waals surface area (Å²) in [6.45, 7) is -1.59. The van der Waals surface area contributed by atoms with E-state index in [-0.39, 0.29) is 35.5 Å². The van der Waals surface area contributed by atoms with Gasteiger partial charge >= 0.3 is 6.61 Å². The van der Waals surface area contributed by atoms with Crippen LogP contribution in [0.15, 0.2) is 40.0 Å². The third-order valence-corrected chi connectivity index (χ3v) is 4.15. The molecule has 1 aromatic carbocycles. The highest BCUT2D eigenvalue weighted by molar-refractivity contribution is 14.0. The normalized spacial score (nSPS) is 11.0. The summed E-state index contributed by atoms with van der Waals surface area (Å²) in [7, 11) is 3.11. The molecule has 0 amide bonds. The molecular weight excluding hydrogens is 475 g/mol. The number of aliphatic imine (C=N–C) groups is 1. The predicted molar refractivity (Wildman–Crippen MR) is 111 cm³/mol. The number of rotatable bonds is 8. The van der Waals surface area contributed by atoms with Crippen LogP contribution in [0, 0.1) is 0 Å². The Labute approximate surface area is 172 Å². The zero-order valence-electron chi connectivity index (χ0n) is 14.5. The molecule has 0 aliphatic rings. The fourth-order valence-electron chi connectivity index (χ4n) is 2.19. The molecule has 2 aromatic rings. The summed E-state index contributed by atoms with van der Waals surface area (Å²) in [5, 5.41) is 10.5. The van der Waals surface area contributed by atoms with E-state index in [1.165, 1.54) is 12.7 Å². The lowest BCUT2D eigenvalue weighted by molar-refractivity contribution is -0.0512. The molecule has 0 bridgehead atoms. The number of hydrogen-bond donors (Lipinski definition) is 2. The van der Waals surface area contributed by atoms with Crippen molar-refractivity contribution in [3.8, 4) is 11.5 Å². The smallest absolute Gasteiger partial charge is 0.387 e. The average molecular weight is 497 g/mol. The highest BCUT2D eigenvalue weighted by atomic mass is 127. The molecular formula is C17H22F2IN3O2S. The maximum atomic E-state index is 12.5. The van der Waals surface area contributed by atoms with Gasteiger partial charge in [-0.1, -0.05) is 6.07 Å². The topological polar surface area (TPSA) is 54.9 Å². The van der Waals surface area contributed by atoms with Crippen LogP contribution in [0.1, 0.15) is 11.1 Å². The summed E-state index contributed by atoms with van der Waals surface area (Å²) in [4.78, 5) is 4.16. The van der Waals surface area contributed by atoms with Crippen LogP contribution in [0.4, 0.5) is 8.78 Å². The molecule has 9 heteroatoms. The quantitative estimate of drug-likeness (QED) is 0.330. The van der Waals surface area contributed by atoms with E-state index < -0.39 is 6.61 Å². The lowest BCUT2D eigenvalue weighted by Gasteiger charge is -2.13. The number of thiophene rings is 1. The molecule has 0 unspecified atom stereocenters. The Bertz CT molecular complexity index is 685. The maximum Gasteiger partial charge on any atom is 0.387 e. The van der Waals surface area contributed by atoms with Crippen molar-refractivity contribution in [1.82, 2.24) is 10.6 Å². The summed E-state index contributed by atoms with van der Waals surface area (Å²) in [5.41, 5.74) is 2.05. The molecule has 0 spiro atoms. The highest BCUT2D eigenvalue weighted by Crippen LogP contribution is 2.29. The molecule has 0 saturated carbocycles. The monoisotopic (exact) mass is 497 g/mol. The average Bonchev–Trinajstić information content (AvgIpc) is 3.11. The summed E-state index contributed by atoms with van der Waals surface area (Å²) < 4.78 is 34.4. The lowest BCUT2D eigenvalue weighted by Crippen LogP contribution is -2.37. The second-order valence-electron chi connectivity index (χ2n) is 5.10. The maximum absolute atomic E-state index is 12.5. The Morgan fingerprint density at radius 1 is 1.19 bits per heavy atom. The van der Waals surface area contributed by atoms with Gasteiger partial charge in [-0.15, -0.1) is 24.0 Å². The van der Waals surface area contributed by atoms with Crippen molar-refractivity contribution < 1.29 is 18.3 Å². The highest BCUT2D eigenvalue weighted by Gasteiger charge is 2.11. The van der Waals surface area contributed by atoms with Crippen LogP contribution < -0.4 is 20.1 Å². The predicted octanol–water partition coefficient (Wildman–Crippen LogP) is 3.88. The van der Waals surface area contributed by atoms with Gasteiger partial charge in [-0.3, -0.25) is 4.99 Å². The summed E-state index contributed by atoms with van der Waals surface area (Å²) >= 11 is 1.65. The van der Waals surface area contributed by atoms with Gasteiger partial charge < -0.3 is 20.1 Å². The molecule has 0 saturated heterocycles. The number of methoxy groups -OCH3 is 1. The van der Waals surface area contributed by atoms with Gasteiger partial charge in [0.1, 0.15) is 0 Å². The number of alkyl halides is 2. The molecule has 0 fully saturated rings. The Hall–Kier alpha value is -1.62. The van der Waals surface area contributed by atoms with Crippen LogP contribution in [-0.2, 0) is 13.0 Å². The van der Waals surface area contributed by atoms with Crippen LogP contribution in [0.5, 0.6) is 11.5 Å². The van der Waals surface area contributed by atoms with Gasteiger partial charge in [0.15, 0.2) is 17.5 Å². The first-order chi connectivity index (χ1) is 12.1. The zero-order chi connectivity index (χ0) is 18.1. The van der Waals surface area contributed by atoms with Gasteiger partial charge in [-0.25, -0.2) is 0 Å². The number of nitrogens with zero attached hydrogens (tertiary/aromatic N) is 1. The standard InChI is InChI=1S/C17H21F2N3O2S.HI/c1-20-17(22-10-13-6-8-25-11-13)21-7-5-12-3-4-14(23-2)15(9-12)24-16(18)19;/h3-4,6,8-9,11,16H,5,7,10H2,1-2H3,(H2,20,21,22);1H. The van der Waals surface area contributed by atoms with Crippen molar-refractivity contribution in [3.05, 3.63) is 46.2 Å². The zero-order valence-corrected chi connectivity index (χ0v) is 17.6. The molecule has 1 aromatic heterocycles. The van der Waals surface area contributed by atoms with Gasteiger partial charge in [0, 0.05) is 20.1 Å². The number of ether oxygens (including phenoxy) is 2. The van der Waals surface area contributed by atoms with Crippen molar-refractivity contribution >= 4 is 41.3 Å². The first-order valence-corrected chi connectivity index (χ1v) is 8.64. The molecule has 2 N–H and O–H groups in total. The van der Waals surface area contributed by atoms with Crippen LogP contribution >= 0.6 is 35.3 Å². The van der Waals surface area contributed by atoms with Gasteiger partial charge in [0.05, 0.1) is 7.11 Å². The Kier molecular flexibility index (Phi) is 10.3. The molecule has 0 radical (unpaired) electrons. The van der Waals surface area contributed by atoms with E-state index in [1.54, 1.807) is 30.5 Å². The molecule has 2 rings (SSSR count). The number of halogens is 3. The van der Waals surface area contributed by atoms with Crippen molar-refractivity contribution in [2.24, 2.45) is 4.99 Å². The number of nitrogens with one attached hydrogen (secondary N) is 2. The minimum absolute atomic E-state index is 0. The van der Waals surface area contributed by atoms with Crippen LogP contribution in [-0.4, -0.2) is 33.3 Å². The lowest BCUT2D eigenvalue weighted by atomic mass is 10.1. The van der Waals surface area contributed by atoms with Crippen LogP contribution in [0.2, 0.25) is 0 Å². The number of hydrogen-bond acceptors (Lipinski definition) is 4. The van der Waals surface area contributed by atoms with Gasteiger partial charge in [0.25, 0.3) is 0 Å².